The van der Waals surface area contributed by atoms with Gasteiger partial charge in [-0.2, -0.15) is 9.97 Å². The van der Waals surface area contributed by atoms with Crippen molar-refractivity contribution in [2.75, 3.05) is 34.9 Å². The first-order valence-corrected chi connectivity index (χ1v) is 11.8. The first-order valence-electron chi connectivity index (χ1n) is 11.8. The molecule has 0 aliphatic carbocycles. The van der Waals surface area contributed by atoms with Gasteiger partial charge in [-0.15, -0.1) is 0 Å². The molecule has 3 aliphatic rings. The van der Waals surface area contributed by atoms with E-state index in [2.05, 4.69) is 81.3 Å². The lowest BCUT2D eigenvalue weighted by molar-refractivity contribution is 0.400. The van der Waals surface area contributed by atoms with Crippen LogP contribution in [0.25, 0.3) is 0 Å². The lowest BCUT2D eigenvalue weighted by Gasteiger charge is -2.35. The minimum absolute atomic E-state index is 0.303. The zero-order valence-corrected chi connectivity index (χ0v) is 18.4. The fourth-order valence-electron chi connectivity index (χ4n) is 5.32. The van der Waals surface area contributed by atoms with Crippen molar-refractivity contribution in [2.45, 2.75) is 38.3 Å². The molecule has 32 heavy (non-hydrogen) atoms. The molecule has 0 radical (unpaired) electrons. The summed E-state index contributed by atoms with van der Waals surface area (Å²) >= 11 is 0. The summed E-state index contributed by atoms with van der Waals surface area (Å²) in [7, 11) is 0. The van der Waals surface area contributed by atoms with Gasteiger partial charge in [0.25, 0.3) is 0 Å². The van der Waals surface area contributed by atoms with Gasteiger partial charge in [-0.1, -0.05) is 60.7 Å². The van der Waals surface area contributed by atoms with E-state index in [0.29, 0.717) is 6.04 Å². The Morgan fingerprint density at radius 3 is 2.28 bits per heavy atom. The first kappa shape index (κ1) is 19.6. The van der Waals surface area contributed by atoms with Gasteiger partial charge in [0.2, 0.25) is 5.95 Å². The van der Waals surface area contributed by atoms with Gasteiger partial charge in [0, 0.05) is 26.2 Å². The summed E-state index contributed by atoms with van der Waals surface area (Å²) in [5.41, 5.74) is 10.7. The molecule has 1 saturated heterocycles. The van der Waals surface area contributed by atoms with E-state index in [-0.39, 0.29) is 0 Å². The van der Waals surface area contributed by atoms with E-state index in [4.69, 9.17) is 9.97 Å². The fraction of sp³-hybridized carbons (Fsp3) is 0.385. The normalized spacial score (nSPS) is 20.2. The van der Waals surface area contributed by atoms with Gasteiger partial charge in [0.05, 0.1) is 11.6 Å². The zero-order chi connectivity index (χ0) is 21.3. The van der Waals surface area contributed by atoms with Gasteiger partial charge in [-0.05, 0) is 42.7 Å². The Bertz CT molecular complexity index is 1060. The van der Waals surface area contributed by atoms with Crippen molar-refractivity contribution >= 4 is 17.6 Å². The number of aromatic nitrogens is 2. The molecule has 6 nitrogen and oxygen atoms in total. The highest BCUT2D eigenvalue weighted by Gasteiger charge is 2.35. The van der Waals surface area contributed by atoms with Crippen molar-refractivity contribution in [3.63, 3.8) is 0 Å². The molecule has 6 heteroatoms. The highest BCUT2D eigenvalue weighted by molar-refractivity contribution is 5.67. The van der Waals surface area contributed by atoms with Crippen LogP contribution in [0.15, 0.2) is 60.7 Å². The largest absolute Gasteiger partial charge is 0.352 e. The highest BCUT2D eigenvalue weighted by atomic mass is 15.5. The number of hydrogen-bond acceptors (Lipinski definition) is 6. The minimum atomic E-state index is 0.303. The number of benzene rings is 2. The number of rotatable bonds is 5. The van der Waals surface area contributed by atoms with E-state index in [9.17, 15) is 0 Å². The van der Waals surface area contributed by atoms with E-state index in [1.165, 1.54) is 36.0 Å². The van der Waals surface area contributed by atoms with Gasteiger partial charge in [-0.3, -0.25) is 0 Å². The quantitative estimate of drug-likeness (QED) is 0.634. The maximum Gasteiger partial charge on any atom is 0.229 e. The molecule has 1 aromatic heterocycles. The standard InChI is InChI=1S/C26H30N6/c1-3-7-19(8-4-1)17-20-11-14-31(15-12-20)26-27-24-23-22(29-30-24)13-16-32(25(23)28-26)18-21-9-5-2-6-10-21/h1-10,20,22,29H,11-18H2,(H,27,28,30). The summed E-state index contributed by atoms with van der Waals surface area (Å²) < 4.78 is 0. The van der Waals surface area contributed by atoms with Crippen LogP contribution < -0.4 is 20.7 Å². The van der Waals surface area contributed by atoms with Gasteiger partial charge in [0.1, 0.15) is 5.82 Å². The summed E-state index contributed by atoms with van der Waals surface area (Å²) in [6.45, 7) is 3.92. The molecule has 4 heterocycles. The summed E-state index contributed by atoms with van der Waals surface area (Å²) in [6.07, 6.45) is 4.61. The predicted molar refractivity (Wildman–Crippen MR) is 129 cm³/mol. The van der Waals surface area contributed by atoms with E-state index < -0.39 is 0 Å². The Hall–Kier alpha value is -3.12. The Kier molecular flexibility index (Phi) is 5.15. The van der Waals surface area contributed by atoms with Crippen LogP contribution in [-0.4, -0.2) is 29.6 Å². The predicted octanol–water partition coefficient (Wildman–Crippen LogP) is 4.32. The first-order chi connectivity index (χ1) is 15.8. The van der Waals surface area contributed by atoms with Gasteiger partial charge in [0.15, 0.2) is 5.82 Å². The minimum Gasteiger partial charge on any atom is -0.352 e. The summed E-state index contributed by atoms with van der Waals surface area (Å²) in [5, 5.41) is 0. The van der Waals surface area contributed by atoms with Crippen LogP contribution in [0.1, 0.15) is 42.0 Å². The van der Waals surface area contributed by atoms with Crippen LogP contribution >= 0.6 is 0 Å². The number of nitrogens with one attached hydrogen (secondary N) is 2. The maximum absolute atomic E-state index is 5.14. The van der Waals surface area contributed by atoms with Crippen molar-refractivity contribution in [1.29, 1.82) is 0 Å². The molecule has 2 N–H and O–H groups in total. The number of anilines is 3. The molecule has 3 aromatic rings. The van der Waals surface area contributed by atoms with E-state index in [1.54, 1.807) is 0 Å². The average Bonchev–Trinajstić information content (AvgIpc) is 3.26. The summed E-state index contributed by atoms with van der Waals surface area (Å²) in [5.74, 6) is 3.65. The molecule has 2 aromatic carbocycles. The Morgan fingerprint density at radius 2 is 1.53 bits per heavy atom. The lowest BCUT2D eigenvalue weighted by atomic mass is 9.90. The van der Waals surface area contributed by atoms with Crippen molar-refractivity contribution in [1.82, 2.24) is 15.4 Å². The molecular formula is C26H30N6. The monoisotopic (exact) mass is 426 g/mol. The van der Waals surface area contributed by atoms with Crippen LogP contribution in [0.2, 0.25) is 0 Å². The maximum atomic E-state index is 5.14. The Morgan fingerprint density at radius 1 is 0.812 bits per heavy atom. The van der Waals surface area contributed by atoms with E-state index in [0.717, 1.165) is 56.1 Å². The second-order valence-corrected chi connectivity index (χ2v) is 9.25. The van der Waals surface area contributed by atoms with Crippen LogP contribution in [0.4, 0.5) is 17.6 Å². The van der Waals surface area contributed by atoms with Crippen molar-refractivity contribution in [2.24, 2.45) is 5.92 Å². The van der Waals surface area contributed by atoms with Crippen LogP contribution in [0.5, 0.6) is 0 Å². The van der Waals surface area contributed by atoms with Gasteiger partial charge in [-0.25, -0.2) is 5.43 Å². The fourth-order valence-corrected chi connectivity index (χ4v) is 5.32. The smallest absolute Gasteiger partial charge is 0.229 e. The number of hydrogen-bond donors (Lipinski definition) is 2. The second-order valence-electron chi connectivity index (χ2n) is 9.25. The van der Waals surface area contributed by atoms with Crippen LogP contribution in [0, 0.1) is 5.92 Å². The molecule has 6 rings (SSSR count). The molecule has 164 valence electrons. The van der Waals surface area contributed by atoms with Crippen LogP contribution in [0.3, 0.4) is 0 Å². The second kappa shape index (κ2) is 8.43. The zero-order valence-electron chi connectivity index (χ0n) is 18.4. The molecule has 0 amide bonds. The third-order valence-corrected chi connectivity index (χ3v) is 7.10. The summed E-state index contributed by atoms with van der Waals surface area (Å²) in [4.78, 5) is 14.9. The SMILES string of the molecule is c1ccc(CC2CCN(c3nc4c5c(n3)N(Cc3ccccc3)CCC5NN4)CC2)cc1. The number of piperidine rings is 1. The van der Waals surface area contributed by atoms with Crippen LogP contribution in [-0.2, 0) is 13.0 Å². The van der Waals surface area contributed by atoms with Crippen molar-refractivity contribution in [3.8, 4) is 0 Å². The Balaban J connectivity index is 1.21. The molecule has 3 aliphatic heterocycles. The van der Waals surface area contributed by atoms with Crippen molar-refractivity contribution < 1.29 is 0 Å². The molecule has 0 saturated carbocycles. The third kappa shape index (κ3) is 3.79. The third-order valence-electron chi connectivity index (χ3n) is 7.10. The lowest BCUT2D eigenvalue weighted by Crippen LogP contribution is -2.37. The molecular weight excluding hydrogens is 396 g/mol. The number of nitrogens with zero attached hydrogens (tertiary/aromatic N) is 4. The van der Waals surface area contributed by atoms with E-state index in [1.807, 2.05) is 0 Å². The topological polar surface area (TPSA) is 56.3 Å². The molecule has 0 spiro atoms. The van der Waals surface area contributed by atoms with Gasteiger partial charge >= 0.3 is 0 Å². The summed E-state index contributed by atoms with van der Waals surface area (Å²) in [6, 6.07) is 21.9. The Labute approximate surface area is 189 Å². The number of hydrazine groups is 1. The van der Waals surface area contributed by atoms with E-state index >= 15 is 0 Å². The molecule has 1 atom stereocenters. The van der Waals surface area contributed by atoms with Crippen molar-refractivity contribution in [3.05, 3.63) is 77.4 Å². The molecule has 1 unspecified atom stereocenters. The molecule has 0 bridgehead atoms. The molecule has 1 fully saturated rings. The average molecular weight is 427 g/mol. The highest BCUT2D eigenvalue weighted by Crippen LogP contribution is 2.41. The van der Waals surface area contributed by atoms with Gasteiger partial charge < -0.3 is 15.2 Å².